The smallest absolute Gasteiger partial charge is 0.220 e. The molecule has 10 heteroatoms. The minimum absolute atomic E-state index is 0.0894. The molecule has 5 rings (SSSR count). The van der Waals surface area contributed by atoms with Crippen molar-refractivity contribution in [2.45, 2.75) is 22.6 Å². The van der Waals surface area contributed by atoms with Gasteiger partial charge in [0.15, 0.2) is 11.5 Å². The molecule has 0 atom stereocenters. The van der Waals surface area contributed by atoms with Crippen LogP contribution in [0.2, 0.25) is 5.02 Å². The molecule has 1 saturated heterocycles. The summed E-state index contributed by atoms with van der Waals surface area (Å²) in [7, 11) is -3.90. The van der Waals surface area contributed by atoms with Crippen LogP contribution in [0.15, 0.2) is 52.4 Å². The third-order valence-corrected chi connectivity index (χ3v) is 8.12. The lowest BCUT2D eigenvalue weighted by Gasteiger charge is -2.34. The molecule has 2 aliphatic rings. The third-order valence-electron chi connectivity index (χ3n) is 6.10. The van der Waals surface area contributed by atoms with Gasteiger partial charge in [0.2, 0.25) is 15.7 Å². The van der Waals surface area contributed by atoms with Gasteiger partial charge in [-0.05, 0) is 43.2 Å². The second kappa shape index (κ2) is 8.39. The molecule has 1 aromatic heterocycles. The molecule has 1 amide bonds. The van der Waals surface area contributed by atoms with Gasteiger partial charge in [0.1, 0.15) is 18.1 Å². The lowest BCUT2D eigenvalue weighted by Crippen LogP contribution is -2.39. The van der Waals surface area contributed by atoms with Crippen LogP contribution in [0, 0.1) is 5.92 Å². The highest BCUT2D eigenvalue weighted by Crippen LogP contribution is 2.42. The number of aromatic nitrogens is 1. The average Bonchev–Trinajstić information content (AvgIpc) is 2.82. The Morgan fingerprint density at radius 2 is 1.70 bits per heavy atom. The number of primary amides is 1. The van der Waals surface area contributed by atoms with Crippen LogP contribution in [0.1, 0.15) is 12.8 Å². The Labute approximate surface area is 196 Å². The van der Waals surface area contributed by atoms with Gasteiger partial charge in [-0.25, -0.2) is 8.42 Å². The van der Waals surface area contributed by atoms with Crippen LogP contribution >= 0.6 is 11.6 Å². The van der Waals surface area contributed by atoms with Gasteiger partial charge >= 0.3 is 0 Å². The number of piperidine rings is 1. The minimum Gasteiger partial charge on any atom is -0.486 e. The summed E-state index contributed by atoms with van der Waals surface area (Å²) in [6.45, 7) is 1.83. The number of halogens is 1. The van der Waals surface area contributed by atoms with E-state index in [1.165, 1.54) is 18.3 Å². The summed E-state index contributed by atoms with van der Waals surface area (Å²) in [5, 5.41) is 1.09. The second-order valence-electron chi connectivity index (χ2n) is 8.11. The zero-order valence-corrected chi connectivity index (χ0v) is 19.2. The maximum Gasteiger partial charge on any atom is 0.220 e. The second-order valence-corrected chi connectivity index (χ2v) is 10.5. The van der Waals surface area contributed by atoms with Crippen molar-refractivity contribution >= 4 is 43.9 Å². The van der Waals surface area contributed by atoms with Crippen LogP contribution in [0.5, 0.6) is 11.5 Å². The SMILES string of the molecule is NC(=O)C1CCN(c2c(S(=O)(=O)c3ccc(Cl)cc3)cnc3cc4c(cc23)OCCO4)CC1. The summed E-state index contributed by atoms with van der Waals surface area (Å²) in [6, 6.07) is 9.60. The van der Waals surface area contributed by atoms with E-state index < -0.39 is 9.84 Å². The highest BCUT2D eigenvalue weighted by atomic mass is 35.5. The number of benzene rings is 2. The van der Waals surface area contributed by atoms with E-state index in [4.69, 9.17) is 26.8 Å². The molecule has 0 bridgehead atoms. The standard InChI is InChI=1S/C23H22ClN3O5S/c24-15-1-3-16(4-2-15)33(29,30)21-13-26-18-12-20-19(31-9-10-32-20)11-17(18)22(21)27-7-5-14(6-8-27)23(25)28/h1-4,11-14H,5-10H2,(H2,25,28). The van der Waals surface area contributed by atoms with Crippen LogP contribution in [-0.4, -0.2) is 45.6 Å². The first-order valence-electron chi connectivity index (χ1n) is 10.6. The number of carbonyl (C=O) groups is 1. The molecule has 1 fully saturated rings. The molecule has 2 aliphatic heterocycles. The topological polar surface area (TPSA) is 112 Å². The van der Waals surface area contributed by atoms with E-state index in [0.29, 0.717) is 72.3 Å². The summed E-state index contributed by atoms with van der Waals surface area (Å²) in [5.74, 6) is 0.566. The molecule has 0 unspecified atom stereocenters. The molecule has 0 radical (unpaired) electrons. The molecule has 0 aliphatic carbocycles. The largest absolute Gasteiger partial charge is 0.486 e. The van der Waals surface area contributed by atoms with Crippen molar-refractivity contribution in [3.63, 3.8) is 0 Å². The van der Waals surface area contributed by atoms with Gasteiger partial charge in [-0.2, -0.15) is 0 Å². The highest BCUT2D eigenvalue weighted by Gasteiger charge is 2.31. The number of rotatable bonds is 4. The van der Waals surface area contributed by atoms with Crippen molar-refractivity contribution in [3.8, 4) is 11.5 Å². The van der Waals surface area contributed by atoms with E-state index in [1.807, 2.05) is 4.90 Å². The van der Waals surface area contributed by atoms with E-state index >= 15 is 0 Å². The summed E-state index contributed by atoms with van der Waals surface area (Å²) in [5.41, 5.74) is 6.64. The van der Waals surface area contributed by atoms with Gasteiger partial charge in [0.25, 0.3) is 0 Å². The Balaban J connectivity index is 1.69. The van der Waals surface area contributed by atoms with Crippen LogP contribution in [0.3, 0.4) is 0 Å². The Hall–Kier alpha value is -3.04. The number of anilines is 1. The summed E-state index contributed by atoms with van der Waals surface area (Å²) in [4.78, 5) is 18.3. The fourth-order valence-corrected chi connectivity index (χ4v) is 5.91. The first-order valence-corrected chi connectivity index (χ1v) is 12.5. The van der Waals surface area contributed by atoms with Crippen LogP contribution in [0.4, 0.5) is 5.69 Å². The Bertz CT molecular complexity index is 1340. The molecule has 33 heavy (non-hydrogen) atoms. The normalized spacial score (nSPS) is 16.7. The van der Waals surface area contributed by atoms with Gasteiger partial charge < -0.3 is 20.1 Å². The Morgan fingerprint density at radius 1 is 1.06 bits per heavy atom. The Morgan fingerprint density at radius 3 is 2.33 bits per heavy atom. The average molecular weight is 488 g/mol. The summed E-state index contributed by atoms with van der Waals surface area (Å²) in [6.07, 6.45) is 2.48. The van der Waals surface area contributed by atoms with Crippen molar-refractivity contribution in [3.05, 3.63) is 47.6 Å². The number of ether oxygens (including phenoxy) is 2. The predicted octanol–water partition coefficient (Wildman–Crippen LogP) is 3.19. The fraction of sp³-hybridized carbons (Fsp3) is 0.304. The van der Waals surface area contributed by atoms with Gasteiger partial charge in [0.05, 0.1) is 16.1 Å². The molecule has 3 aromatic rings. The fourth-order valence-electron chi connectivity index (χ4n) is 4.35. The number of sulfone groups is 1. The number of fused-ring (bicyclic) bond motifs is 2. The van der Waals surface area contributed by atoms with Crippen molar-refractivity contribution in [1.82, 2.24) is 4.98 Å². The van der Waals surface area contributed by atoms with Gasteiger partial charge in [-0.1, -0.05) is 11.6 Å². The van der Waals surface area contributed by atoms with Gasteiger partial charge in [-0.3, -0.25) is 9.78 Å². The van der Waals surface area contributed by atoms with Gasteiger partial charge in [-0.15, -0.1) is 0 Å². The zero-order valence-electron chi connectivity index (χ0n) is 17.7. The number of hydrogen-bond acceptors (Lipinski definition) is 7. The molecular formula is C23H22ClN3O5S. The minimum atomic E-state index is -3.90. The summed E-state index contributed by atoms with van der Waals surface area (Å²) < 4.78 is 38.8. The van der Waals surface area contributed by atoms with E-state index in [-0.39, 0.29) is 21.6 Å². The highest BCUT2D eigenvalue weighted by molar-refractivity contribution is 7.91. The quantitative estimate of drug-likeness (QED) is 0.601. The van der Waals surface area contributed by atoms with E-state index in [9.17, 15) is 13.2 Å². The van der Waals surface area contributed by atoms with Crippen LogP contribution in [0.25, 0.3) is 10.9 Å². The molecule has 8 nitrogen and oxygen atoms in total. The maximum absolute atomic E-state index is 13.7. The van der Waals surface area contributed by atoms with Crippen molar-refractivity contribution in [2.75, 3.05) is 31.2 Å². The Kier molecular flexibility index (Phi) is 5.54. The molecule has 2 aromatic carbocycles. The van der Waals surface area contributed by atoms with E-state index in [2.05, 4.69) is 4.98 Å². The molecule has 0 spiro atoms. The number of carbonyl (C=O) groups excluding carboxylic acids is 1. The van der Waals surface area contributed by atoms with Crippen molar-refractivity contribution in [2.24, 2.45) is 11.7 Å². The number of pyridine rings is 1. The molecular weight excluding hydrogens is 466 g/mol. The van der Waals surface area contributed by atoms with Crippen LogP contribution < -0.4 is 20.1 Å². The number of amides is 1. The molecule has 2 N–H and O–H groups in total. The van der Waals surface area contributed by atoms with Gasteiger partial charge in [0, 0.05) is 41.7 Å². The van der Waals surface area contributed by atoms with E-state index in [1.54, 1.807) is 24.3 Å². The summed E-state index contributed by atoms with van der Waals surface area (Å²) >= 11 is 5.97. The van der Waals surface area contributed by atoms with E-state index in [0.717, 1.165) is 0 Å². The lowest BCUT2D eigenvalue weighted by atomic mass is 9.95. The number of hydrogen-bond donors (Lipinski definition) is 1. The molecule has 3 heterocycles. The zero-order chi connectivity index (χ0) is 23.2. The first kappa shape index (κ1) is 21.8. The first-order chi connectivity index (χ1) is 15.8. The molecule has 0 saturated carbocycles. The number of nitrogens with two attached hydrogens (primary N) is 1. The monoisotopic (exact) mass is 487 g/mol. The lowest BCUT2D eigenvalue weighted by molar-refractivity contribution is -0.122. The van der Waals surface area contributed by atoms with Crippen molar-refractivity contribution < 1.29 is 22.7 Å². The third kappa shape index (κ3) is 3.95. The molecule has 172 valence electrons. The maximum atomic E-state index is 13.7. The van der Waals surface area contributed by atoms with Crippen molar-refractivity contribution in [1.29, 1.82) is 0 Å². The predicted molar refractivity (Wildman–Crippen MR) is 124 cm³/mol. The van der Waals surface area contributed by atoms with Crippen LogP contribution in [-0.2, 0) is 14.6 Å². The number of nitrogens with zero attached hydrogens (tertiary/aromatic N) is 2.